The predicted octanol–water partition coefficient (Wildman–Crippen LogP) is 2.27. The van der Waals surface area contributed by atoms with Gasteiger partial charge in [-0.25, -0.2) is 0 Å². The summed E-state index contributed by atoms with van der Waals surface area (Å²) in [6, 6.07) is 0. The van der Waals surface area contributed by atoms with Gasteiger partial charge in [-0.15, -0.1) is 0 Å². The van der Waals surface area contributed by atoms with Crippen LogP contribution in [0.15, 0.2) is 36.6 Å². The van der Waals surface area contributed by atoms with Gasteiger partial charge in [-0.3, -0.25) is 0 Å². The molecular formula is C13H22N2. The van der Waals surface area contributed by atoms with Gasteiger partial charge in [0, 0.05) is 31.9 Å². The van der Waals surface area contributed by atoms with E-state index in [9.17, 15) is 0 Å². The van der Waals surface area contributed by atoms with Gasteiger partial charge in [0.1, 0.15) is 0 Å². The highest BCUT2D eigenvalue weighted by molar-refractivity contribution is 5.21. The van der Waals surface area contributed by atoms with Gasteiger partial charge in [0.05, 0.1) is 0 Å². The Morgan fingerprint density at radius 1 is 1.27 bits per heavy atom. The Balaban J connectivity index is 2.54. The van der Waals surface area contributed by atoms with E-state index in [2.05, 4.69) is 48.6 Å². The maximum atomic E-state index is 3.88. The van der Waals surface area contributed by atoms with Crippen LogP contribution in [0.2, 0.25) is 0 Å². The largest absolute Gasteiger partial charge is 0.369 e. The smallest absolute Gasteiger partial charge is 0.0361 e. The molecule has 0 spiro atoms. The zero-order valence-electron chi connectivity index (χ0n) is 9.95. The molecule has 0 amide bonds. The van der Waals surface area contributed by atoms with Gasteiger partial charge in [0.25, 0.3) is 0 Å². The van der Waals surface area contributed by atoms with Crippen LogP contribution >= 0.6 is 0 Å². The van der Waals surface area contributed by atoms with Crippen LogP contribution in [0, 0.1) is 0 Å². The summed E-state index contributed by atoms with van der Waals surface area (Å²) >= 11 is 0. The van der Waals surface area contributed by atoms with Crippen molar-refractivity contribution in [1.82, 2.24) is 9.80 Å². The third kappa shape index (κ3) is 3.92. The molecule has 0 aromatic heterocycles. The number of nitrogens with zero attached hydrogens (tertiary/aromatic N) is 2. The molecule has 0 N–H and O–H groups in total. The second-order valence-electron chi connectivity index (χ2n) is 3.92. The molecule has 15 heavy (non-hydrogen) atoms. The summed E-state index contributed by atoms with van der Waals surface area (Å²) in [4.78, 5) is 4.76. The first-order valence-electron chi connectivity index (χ1n) is 5.70. The predicted molar refractivity (Wildman–Crippen MR) is 66.8 cm³/mol. The molecule has 84 valence electrons. The Morgan fingerprint density at radius 2 is 1.93 bits per heavy atom. The van der Waals surface area contributed by atoms with Gasteiger partial charge >= 0.3 is 0 Å². The fourth-order valence-corrected chi connectivity index (χ4v) is 1.67. The van der Waals surface area contributed by atoms with E-state index in [-0.39, 0.29) is 0 Å². The molecule has 2 nitrogen and oxygen atoms in total. The van der Waals surface area contributed by atoms with Crippen molar-refractivity contribution in [3.05, 3.63) is 36.6 Å². The van der Waals surface area contributed by atoms with E-state index in [1.54, 1.807) is 0 Å². The van der Waals surface area contributed by atoms with Gasteiger partial charge in [-0.2, -0.15) is 0 Å². The van der Waals surface area contributed by atoms with E-state index in [4.69, 9.17) is 0 Å². The molecule has 2 heteroatoms. The second-order valence-corrected chi connectivity index (χ2v) is 3.92. The number of piperazine rings is 1. The minimum atomic E-state index is 1.09. The lowest BCUT2D eigenvalue weighted by Crippen LogP contribution is -2.43. The summed E-state index contributed by atoms with van der Waals surface area (Å²) in [5.74, 6) is 0. The molecule has 1 aliphatic heterocycles. The number of rotatable bonds is 4. The lowest BCUT2D eigenvalue weighted by atomic mass is 10.2. The SMILES string of the molecule is C=C/C(=C\C=C\CC)N1CCN(C)CC1. The number of allylic oxidation sites excluding steroid dienone is 4. The van der Waals surface area contributed by atoms with Crippen LogP contribution in [0.4, 0.5) is 0 Å². The lowest BCUT2D eigenvalue weighted by Gasteiger charge is -2.34. The van der Waals surface area contributed by atoms with E-state index < -0.39 is 0 Å². The fraction of sp³-hybridized carbons (Fsp3) is 0.538. The first-order chi connectivity index (χ1) is 7.27. The zero-order chi connectivity index (χ0) is 11.1. The van der Waals surface area contributed by atoms with Crippen LogP contribution in [0.3, 0.4) is 0 Å². The molecule has 0 atom stereocenters. The van der Waals surface area contributed by atoms with Crippen molar-refractivity contribution >= 4 is 0 Å². The van der Waals surface area contributed by atoms with Crippen molar-refractivity contribution in [2.45, 2.75) is 13.3 Å². The summed E-state index contributed by atoms with van der Waals surface area (Å²) in [7, 11) is 2.17. The average Bonchev–Trinajstić information content (AvgIpc) is 2.26. The molecule has 0 aromatic rings. The van der Waals surface area contributed by atoms with E-state index >= 15 is 0 Å². The molecule has 0 aliphatic carbocycles. The standard InChI is InChI=1S/C13H22N2/c1-4-6-7-8-13(5-2)15-11-9-14(3)10-12-15/h5-8H,2,4,9-12H2,1,3H3/b7-6+,13-8+. The molecule has 0 saturated carbocycles. The molecule has 1 aliphatic rings. The van der Waals surface area contributed by atoms with Crippen LogP contribution in [0.1, 0.15) is 13.3 Å². The fourth-order valence-electron chi connectivity index (χ4n) is 1.67. The van der Waals surface area contributed by atoms with Gasteiger partial charge in [0.15, 0.2) is 0 Å². The van der Waals surface area contributed by atoms with Crippen LogP contribution in [-0.4, -0.2) is 43.0 Å². The Hall–Kier alpha value is -1.02. The molecule has 1 rings (SSSR count). The van der Waals surface area contributed by atoms with E-state index in [1.807, 2.05) is 6.08 Å². The van der Waals surface area contributed by atoms with Crippen molar-refractivity contribution in [1.29, 1.82) is 0 Å². The van der Waals surface area contributed by atoms with Crippen LogP contribution in [-0.2, 0) is 0 Å². The first-order valence-corrected chi connectivity index (χ1v) is 5.70. The minimum absolute atomic E-state index is 1.09. The normalized spacial score (nSPS) is 19.9. The van der Waals surface area contributed by atoms with Crippen molar-refractivity contribution in [3.63, 3.8) is 0 Å². The lowest BCUT2D eigenvalue weighted by molar-refractivity contribution is 0.190. The molecule has 1 fully saturated rings. The Kier molecular flexibility index (Phi) is 5.19. The van der Waals surface area contributed by atoms with Crippen molar-refractivity contribution in [2.75, 3.05) is 33.2 Å². The summed E-state index contributed by atoms with van der Waals surface area (Å²) in [6.07, 6.45) is 9.48. The van der Waals surface area contributed by atoms with E-state index in [0.29, 0.717) is 0 Å². The third-order valence-corrected chi connectivity index (χ3v) is 2.72. The second kappa shape index (κ2) is 6.46. The van der Waals surface area contributed by atoms with E-state index in [0.717, 1.165) is 32.6 Å². The molecule has 0 aromatic carbocycles. The minimum Gasteiger partial charge on any atom is -0.369 e. The molecule has 0 bridgehead atoms. The Morgan fingerprint density at radius 3 is 2.47 bits per heavy atom. The molecule has 0 unspecified atom stereocenters. The Bertz CT molecular complexity index is 245. The number of hydrogen-bond donors (Lipinski definition) is 0. The maximum Gasteiger partial charge on any atom is 0.0361 e. The van der Waals surface area contributed by atoms with Crippen molar-refractivity contribution < 1.29 is 0 Å². The highest BCUT2D eigenvalue weighted by Gasteiger charge is 2.13. The molecule has 1 saturated heterocycles. The van der Waals surface area contributed by atoms with E-state index in [1.165, 1.54) is 5.70 Å². The highest BCUT2D eigenvalue weighted by atomic mass is 15.2. The van der Waals surface area contributed by atoms with Gasteiger partial charge in [0.2, 0.25) is 0 Å². The molecule has 1 heterocycles. The Labute approximate surface area is 93.6 Å². The molecular weight excluding hydrogens is 184 g/mol. The van der Waals surface area contributed by atoms with Crippen LogP contribution in [0.5, 0.6) is 0 Å². The third-order valence-electron chi connectivity index (χ3n) is 2.72. The monoisotopic (exact) mass is 206 g/mol. The summed E-state index contributed by atoms with van der Waals surface area (Å²) in [5, 5.41) is 0. The van der Waals surface area contributed by atoms with Gasteiger partial charge < -0.3 is 9.80 Å². The maximum absolute atomic E-state index is 3.88. The van der Waals surface area contributed by atoms with Gasteiger partial charge in [-0.05, 0) is 25.6 Å². The summed E-state index contributed by atoms with van der Waals surface area (Å²) < 4.78 is 0. The zero-order valence-corrected chi connectivity index (χ0v) is 9.95. The first kappa shape index (κ1) is 12.1. The molecule has 0 radical (unpaired) electrons. The highest BCUT2D eigenvalue weighted by Crippen LogP contribution is 2.09. The van der Waals surface area contributed by atoms with Crippen molar-refractivity contribution in [2.24, 2.45) is 0 Å². The summed E-state index contributed by atoms with van der Waals surface area (Å²) in [6.45, 7) is 10.5. The topological polar surface area (TPSA) is 6.48 Å². The number of hydrogen-bond acceptors (Lipinski definition) is 2. The number of likely N-dealkylation sites (N-methyl/N-ethyl adjacent to an activating group) is 1. The van der Waals surface area contributed by atoms with Crippen LogP contribution in [0.25, 0.3) is 0 Å². The van der Waals surface area contributed by atoms with Gasteiger partial charge in [-0.1, -0.05) is 25.7 Å². The quantitative estimate of drug-likeness (QED) is 0.651. The van der Waals surface area contributed by atoms with Crippen molar-refractivity contribution in [3.8, 4) is 0 Å². The van der Waals surface area contributed by atoms with Crippen LogP contribution < -0.4 is 0 Å². The average molecular weight is 206 g/mol. The summed E-state index contributed by atoms with van der Waals surface area (Å²) in [5.41, 5.74) is 1.24.